The molecule has 0 aliphatic heterocycles. The Morgan fingerprint density at radius 1 is 1.50 bits per heavy atom. The molecule has 0 fully saturated rings. The molecule has 4 nitrogen and oxygen atoms in total. The SMILES string of the molecule is CCOC(=O)CCN(C)Cc1ccc(C)o1. The van der Waals surface area contributed by atoms with Crippen molar-refractivity contribution in [1.82, 2.24) is 4.90 Å². The van der Waals surface area contributed by atoms with Crippen LogP contribution in [0.3, 0.4) is 0 Å². The van der Waals surface area contributed by atoms with E-state index in [0.717, 1.165) is 11.5 Å². The number of furan rings is 1. The van der Waals surface area contributed by atoms with Crippen LogP contribution in [0.1, 0.15) is 24.9 Å². The number of carbonyl (C=O) groups excluding carboxylic acids is 1. The Labute approximate surface area is 96.2 Å². The number of nitrogens with zero attached hydrogens (tertiary/aromatic N) is 1. The Bertz CT molecular complexity index is 333. The van der Waals surface area contributed by atoms with Gasteiger partial charge in [0, 0.05) is 6.54 Å². The van der Waals surface area contributed by atoms with Crippen molar-refractivity contribution in [1.29, 1.82) is 0 Å². The second-order valence-electron chi connectivity index (χ2n) is 3.81. The standard InChI is InChI=1S/C12H19NO3/c1-4-15-12(14)7-8-13(3)9-11-6-5-10(2)16-11/h5-6H,4,7-9H2,1-3H3. The summed E-state index contributed by atoms with van der Waals surface area (Å²) in [6.45, 7) is 5.57. The minimum absolute atomic E-state index is 0.148. The summed E-state index contributed by atoms with van der Waals surface area (Å²) in [4.78, 5) is 13.2. The molecule has 0 aliphatic carbocycles. The van der Waals surface area contributed by atoms with Crippen molar-refractivity contribution in [3.63, 3.8) is 0 Å². The van der Waals surface area contributed by atoms with Gasteiger partial charge in [-0.25, -0.2) is 0 Å². The highest BCUT2D eigenvalue weighted by Crippen LogP contribution is 2.08. The Kier molecular flexibility index (Phi) is 5.05. The molecule has 0 spiro atoms. The molecule has 0 radical (unpaired) electrons. The first-order chi connectivity index (χ1) is 7.61. The molecule has 0 saturated carbocycles. The van der Waals surface area contributed by atoms with E-state index in [9.17, 15) is 4.79 Å². The maximum atomic E-state index is 11.1. The molecule has 1 aromatic rings. The van der Waals surface area contributed by atoms with E-state index in [4.69, 9.17) is 9.15 Å². The van der Waals surface area contributed by atoms with Crippen molar-refractivity contribution in [3.05, 3.63) is 23.7 Å². The lowest BCUT2D eigenvalue weighted by Crippen LogP contribution is -2.22. The summed E-state index contributed by atoms with van der Waals surface area (Å²) in [7, 11) is 1.96. The first kappa shape index (κ1) is 12.8. The van der Waals surface area contributed by atoms with Gasteiger partial charge in [0.15, 0.2) is 0 Å². The molecular formula is C12H19NO3. The van der Waals surface area contributed by atoms with E-state index < -0.39 is 0 Å². The number of rotatable bonds is 6. The van der Waals surface area contributed by atoms with E-state index in [1.807, 2.05) is 37.9 Å². The zero-order chi connectivity index (χ0) is 12.0. The Morgan fingerprint density at radius 2 is 2.25 bits per heavy atom. The lowest BCUT2D eigenvalue weighted by Gasteiger charge is -2.14. The molecular weight excluding hydrogens is 206 g/mol. The molecule has 0 aromatic carbocycles. The monoisotopic (exact) mass is 225 g/mol. The van der Waals surface area contributed by atoms with E-state index in [2.05, 4.69) is 0 Å². The highest BCUT2D eigenvalue weighted by Gasteiger charge is 2.07. The zero-order valence-corrected chi connectivity index (χ0v) is 10.2. The van der Waals surface area contributed by atoms with Crippen molar-refractivity contribution in [2.45, 2.75) is 26.8 Å². The van der Waals surface area contributed by atoms with Crippen LogP contribution in [0.4, 0.5) is 0 Å². The van der Waals surface area contributed by atoms with E-state index in [1.54, 1.807) is 0 Å². The highest BCUT2D eigenvalue weighted by molar-refractivity contribution is 5.69. The molecule has 0 atom stereocenters. The van der Waals surface area contributed by atoms with E-state index in [-0.39, 0.29) is 5.97 Å². The van der Waals surface area contributed by atoms with Crippen molar-refractivity contribution >= 4 is 5.97 Å². The summed E-state index contributed by atoms with van der Waals surface area (Å²) in [5, 5.41) is 0. The summed E-state index contributed by atoms with van der Waals surface area (Å²) in [6, 6.07) is 3.89. The predicted molar refractivity (Wildman–Crippen MR) is 61.0 cm³/mol. The minimum Gasteiger partial charge on any atom is -0.466 e. The van der Waals surface area contributed by atoms with Gasteiger partial charge in [-0.05, 0) is 33.0 Å². The van der Waals surface area contributed by atoms with Gasteiger partial charge in [0.1, 0.15) is 11.5 Å². The molecule has 1 heterocycles. The van der Waals surface area contributed by atoms with Gasteiger partial charge in [-0.3, -0.25) is 9.69 Å². The normalized spacial score (nSPS) is 10.8. The van der Waals surface area contributed by atoms with Gasteiger partial charge in [-0.15, -0.1) is 0 Å². The lowest BCUT2D eigenvalue weighted by molar-refractivity contribution is -0.143. The van der Waals surface area contributed by atoms with Crippen LogP contribution in [0.25, 0.3) is 0 Å². The van der Waals surface area contributed by atoms with Gasteiger partial charge >= 0.3 is 5.97 Å². The van der Waals surface area contributed by atoms with E-state index >= 15 is 0 Å². The van der Waals surface area contributed by atoms with E-state index in [1.165, 1.54) is 0 Å². The Morgan fingerprint density at radius 3 is 2.81 bits per heavy atom. The van der Waals surface area contributed by atoms with Crippen LogP contribution in [-0.2, 0) is 16.1 Å². The number of hydrogen-bond donors (Lipinski definition) is 0. The van der Waals surface area contributed by atoms with Crippen LogP contribution in [0, 0.1) is 6.92 Å². The molecule has 0 saturated heterocycles. The second kappa shape index (κ2) is 6.33. The third-order valence-corrected chi connectivity index (χ3v) is 2.22. The molecule has 16 heavy (non-hydrogen) atoms. The van der Waals surface area contributed by atoms with Gasteiger partial charge < -0.3 is 9.15 Å². The second-order valence-corrected chi connectivity index (χ2v) is 3.81. The summed E-state index contributed by atoms with van der Waals surface area (Å²) in [5.41, 5.74) is 0. The van der Waals surface area contributed by atoms with Gasteiger partial charge in [0.2, 0.25) is 0 Å². The average Bonchev–Trinajstić information content (AvgIpc) is 2.61. The van der Waals surface area contributed by atoms with Gasteiger partial charge in [-0.2, -0.15) is 0 Å². The van der Waals surface area contributed by atoms with Crippen molar-refractivity contribution < 1.29 is 13.9 Å². The van der Waals surface area contributed by atoms with E-state index in [0.29, 0.717) is 26.1 Å². The van der Waals surface area contributed by atoms with Crippen molar-refractivity contribution in [3.8, 4) is 0 Å². The molecule has 4 heteroatoms. The van der Waals surface area contributed by atoms with Gasteiger partial charge in [0.25, 0.3) is 0 Å². The quantitative estimate of drug-likeness (QED) is 0.694. The maximum absolute atomic E-state index is 11.1. The van der Waals surface area contributed by atoms with Gasteiger partial charge in [-0.1, -0.05) is 0 Å². The van der Waals surface area contributed by atoms with Crippen LogP contribution >= 0.6 is 0 Å². The summed E-state index contributed by atoms with van der Waals surface area (Å²) in [5.74, 6) is 1.68. The van der Waals surface area contributed by atoms with Crippen LogP contribution in [-0.4, -0.2) is 31.1 Å². The number of hydrogen-bond acceptors (Lipinski definition) is 4. The molecule has 0 bridgehead atoms. The smallest absolute Gasteiger partial charge is 0.307 e. The summed E-state index contributed by atoms with van der Waals surface area (Å²) < 4.78 is 10.3. The molecule has 1 rings (SSSR count). The fraction of sp³-hybridized carbons (Fsp3) is 0.583. The molecule has 90 valence electrons. The van der Waals surface area contributed by atoms with Crippen LogP contribution in [0.5, 0.6) is 0 Å². The number of aryl methyl sites for hydroxylation is 1. The fourth-order valence-electron chi connectivity index (χ4n) is 1.43. The molecule has 1 aromatic heterocycles. The highest BCUT2D eigenvalue weighted by atomic mass is 16.5. The van der Waals surface area contributed by atoms with Crippen LogP contribution in [0.2, 0.25) is 0 Å². The first-order valence-corrected chi connectivity index (χ1v) is 5.51. The predicted octanol–water partition coefficient (Wildman–Crippen LogP) is 1.97. The lowest BCUT2D eigenvalue weighted by atomic mass is 10.3. The summed E-state index contributed by atoms with van der Waals surface area (Å²) in [6.07, 6.45) is 0.421. The summed E-state index contributed by atoms with van der Waals surface area (Å²) >= 11 is 0. The number of ether oxygens (including phenoxy) is 1. The van der Waals surface area contributed by atoms with Crippen LogP contribution < -0.4 is 0 Å². The third-order valence-electron chi connectivity index (χ3n) is 2.22. The zero-order valence-electron chi connectivity index (χ0n) is 10.2. The largest absolute Gasteiger partial charge is 0.466 e. The van der Waals surface area contributed by atoms with Crippen molar-refractivity contribution in [2.75, 3.05) is 20.2 Å². The molecule has 0 unspecified atom stereocenters. The minimum atomic E-state index is -0.148. The van der Waals surface area contributed by atoms with Crippen LogP contribution in [0.15, 0.2) is 16.5 Å². The maximum Gasteiger partial charge on any atom is 0.307 e. The fourth-order valence-corrected chi connectivity index (χ4v) is 1.43. The first-order valence-electron chi connectivity index (χ1n) is 5.51. The molecule has 0 amide bonds. The molecule has 0 aliphatic rings. The average molecular weight is 225 g/mol. The number of carbonyl (C=O) groups is 1. The van der Waals surface area contributed by atoms with Gasteiger partial charge in [0.05, 0.1) is 19.6 Å². The Hall–Kier alpha value is -1.29. The third kappa shape index (κ3) is 4.49. The van der Waals surface area contributed by atoms with Crippen molar-refractivity contribution in [2.24, 2.45) is 0 Å². The number of esters is 1. The Balaban J connectivity index is 2.25. The topological polar surface area (TPSA) is 42.7 Å². The molecule has 0 N–H and O–H groups in total.